The molecule has 12 heteroatoms. The smallest absolute Gasteiger partial charge is 0.318 e. The first kappa shape index (κ1) is 28.1. The molecule has 1 rings (SSSR count). The predicted octanol–water partition coefficient (Wildman–Crippen LogP) is 5.63. The molecule has 1 aliphatic rings. The molecular weight excluding hydrogens is 497 g/mol. The van der Waals surface area contributed by atoms with E-state index >= 15 is 0 Å². The van der Waals surface area contributed by atoms with Crippen molar-refractivity contribution in [3.05, 3.63) is 0 Å². The van der Waals surface area contributed by atoms with Crippen molar-refractivity contribution < 1.29 is 16.5 Å². The molecule has 0 saturated carbocycles. The first-order valence-electron chi connectivity index (χ1n) is 10.0. The summed E-state index contributed by atoms with van der Waals surface area (Å²) < 4.78 is 27.7. The Kier molecular flexibility index (Phi) is 10.9. The van der Waals surface area contributed by atoms with E-state index in [4.69, 9.17) is 16.5 Å². The van der Waals surface area contributed by atoms with Gasteiger partial charge in [0.15, 0.2) is 0 Å². The number of hydrogen-bond donors (Lipinski definition) is 4. The van der Waals surface area contributed by atoms with Gasteiger partial charge in [0.2, 0.25) is 0 Å². The summed E-state index contributed by atoms with van der Waals surface area (Å²) in [5.41, 5.74) is 0. The molecular formula is C16H40O4S4Si4. The third-order valence-electron chi connectivity index (χ3n) is 4.39. The highest BCUT2D eigenvalue weighted by Crippen LogP contribution is 2.40. The number of hydrogen-bond acceptors (Lipinski definition) is 8. The second kappa shape index (κ2) is 10.8. The Labute approximate surface area is 199 Å². The minimum absolute atomic E-state index is 0.190. The van der Waals surface area contributed by atoms with Gasteiger partial charge in [-0.1, -0.05) is 27.7 Å². The highest BCUT2D eigenvalue weighted by atomic mass is 32.1. The molecule has 28 heavy (non-hydrogen) atoms. The van der Waals surface area contributed by atoms with Crippen LogP contribution in [0.15, 0.2) is 0 Å². The van der Waals surface area contributed by atoms with Crippen LogP contribution in [-0.2, 0) is 16.5 Å². The standard InChI is InChI=1S/C16H40O4S4Si4/c1-13(21)9-25(5)17-26(6,10-14(2)22)19-28(8,12-16(4)24)20-27(7,18-25)11-15(3)23/h13-16,21-24H,9-12H2,1-8H3. The molecule has 0 aromatic rings. The van der Waals surface area contributed by atoms with Crippen LogP contribution in [0.4, 0.5) is 0 Å². The third-order valence-corrected chi connectivity index (χ3v) is 25.7. The van der Waals surface area contributed by atoms with E-state index in [1.54, 1.807) is 0 Å². The van der Waals surface area contributed by atoms with Crippen LogP contribution in [-0.4, -0.2) is 55.2 Å². The number of rotatable bonds is 8. The van der Waals surface area contributed by atoms with E-state index in [1.165, 1.54) is 0 Å². The van der Waals surface area contributed by atoms with Crippen molar-refractivity contribution in [1.29, 1.82) is 0 Å². The van der Waals surface area contributed by atoms with E-state index in [1.807, 2.05) is 0 Å². The van der Waals surface area contributed by atoms with Gasteiger partial charge in [-0.25, -0.2) is 0 Å². The fraction of sp³-hybridized carbons (Fsp3) is 1.00. The van der Waals surface area contributed by atoms with Crippen LogP contribution in [0.5, 0.6) is 0 Å². The summed E-state index contributed by atoms with van der Waals surface area (Å²) in [6.07, 6.45) is 0. The van der Waals surface area contributed by atoms with Crippen LogP contribution in [0.3, 0.4) is 0 Å². The van der Waals surface area contributed by atoms with Gasteiger partial charge in [0.05, 0.1) is 0 Å². The summed E-state index contributed by atoms with van der Waals surface area (Å²) in [5.74, 6) is 0. The molecule has 0 N–H and O–H groups in total. The Morgan fingerprint density at radius 1 is 0.464 bits per heavy atom. The molecule has 1 heterocycles. The van der Waals surface area contributed by atoms with E-state index < -0.39 is 34.2 Å². The average Bonchev–Trinajstić information content (AvgIpc) is 2.28. The molecule has 0 aliphatic carbocycles. The first-order chi connectivity index (χ1) is 12.5. The fourth-order valence-corrected chi connectivity index (χ4v) is 32.1. The highest BCUT2D eigenvalue weighted by Gasteiger charge is 2.57. The summed E-state index contributed by atoms with van der Waals surface area (Å²) in [6, 6.07) is 3.21. The molecule has 4 unspecified atom stereocenters. The van der Waals surface area contributed by atoms with E-state index in [2.05, 4.69) is 104 Å². The van der Waals surface area contributed by atoms with E-state index in [-0.39, 0.29) is 21.0 Å². The Bertz CT molecular complexity index is 415. The molecule has 0 radical (unpaired) electrons. The van der Waals surface area contributed by atoms with Gasteiger partial charge in [0.1, 0.15) is 0 Å². The van der Waals surface area contributed by atoms with Gasteiger partial charge >= 0.3 is 34.2 Å². The third kappa shape index (κ3) is 9.72. The maximum Gasteiger partial charge on any atom is 0.318 e. The van der Waals surface area contributed by atoms with E-state index in [9.17, 15) is 0 Å². The van der Waals surface area contributed by atoms with E-state index in [0.717, 1.165) is 24.2 Å². The second-order valence-corrected chi connectivity index (χ2v) is 26.7. The largest absolute Gasteiger partial charge is 0.416 e. The lowest BCUT2D eigenvalue weighted by Crippen LogP contribution is -2.68. The zero-order valence-corrected chi connectivity index (χ0v) is 26.1. The minimum atomic E-state index is -2.56. The van der Waals surface area contributed by atoms with Crippen LogP contribution in [0.2, 0.25) is 50.4 Å². The molecule has 1 fully saturated rings. The van der Waals surface area contributed by atoms with Gasteiger partial charge in [0.25, 0.3) is 0 Å². The van der Waals surface area contributed by atoms with Gasteiger partial charge in [-0.05, 0) is 26.2 Å². The molecule has 0 spiro atoms. The molecule has 1 aliphatic heterocycles. The van der Waals surface area contributed by atoms with Gasteiger partial charge in [0, 0.05) is 45.2 Å². The van der Waals surface area contributed by atoms with Crippen molar-refractivity contribution in [3.63, 3.8) is 0 Å². The Morgan fingerprint density at radius 2 is 0.607 bits per heavy atom. The Balaban J connectivity index is 3.40. The zero-order chi connectivity index (χ0) is 22.0. The van der Waals surface area contributed by atoms with Crippen LogP contribution in [0.25, 0.3) is 0 Å². The lowest BCUT2D eigenvalue weighted by molar-refractivity contribution is 0.222. The maximum atomic E-state index is 6.92. The van der Waals surface area contributed by atoms with Gasteiger partial charge in [-0.2, -0.15) is 50.5 Å². The molecule has 168 valence electrons. The Hall–Kier alpha value is 2.11. The van der Waals surface area contributed by atoms with Crippen molar-refractivity contribution >= 4 is 84.8 Å². The molecule has 4 atom stereocenters. The lowest BCUT2D eigenvalue weighted by atomic mass is 10.6. The summed E-state index contributed by atoms with van der Waals surface area (Å²) >= 11 is 18.6. The summed E-state index contributed by atoms with van der Waals surface area (Å²) in [7, 11) is -10.2. The van der Waals surface area contributed by atoms with Crippen LogP contribution in [0, 0.1) is 0 Å². The topological polar surface area (TPSA) is 36.9 Å². The van der Waals surface area contributed by atoms with Gasteiger partial charge in [-0.3, -0.25) is 0 Å². The van der Waals surface area contributed by atoms with Crippen molar-refractivity contribution in [2.75, 3.05) is 0 Å². The molecule has 0 aromatic carbocycles. The fourth-order valence-electron chi connectivity index (χ4n) is 4.39. The first-order valence-corrected chi connectivity index (χ1v) is 22.2. The van der Waals surface area contributed by atoms with Crippen molar-refractivity contribution in [1.82, 2.24) is 0 Å². The molecule has 0 aromatic heterocycles. The minimum Gasteiger partial charge on any atom is -0.416 e. The average molecular weight is 537 g/mol. The maximum absolute atomic E-state index is 6.92. The van der Waals surface area contributed by atoms with Crippen molar-refractivity contribution in [2.24, 2.45) is 0 Å². The summed E-state index contributed by atoms with van der Waals surface area (Å²) in [4.78, 5) is 0. The quantitative estimate of drug-likeness (QED) is 0.240. The summed E-state index contributed by atoms with van der Waals surface area (Å²) in [5, 5.41) is 0.761. The number of thiol groups is 4. The zero-order valence-electron chi connectivity index (χ0n) is 18.6. The van der Waals surface area contributed by atoms with Crippen LogP contribution >= 0.6 is 50.5 Å². The van der Waals surface area contributed by atoms with Crippen molar-refractivity contribution in [3.8, 4) is 0 Å². The van der Waals surface area contributed by atoms with Gasteiger partial charge < -0.3 is 16.5 Å². The van der Waals surface area contributed by atoms with Crippen LogP contribution < -0.4 is 0 Å². The lowest BCUT2D eigenvalue weighted by Gasteiger charge is -2.51. The molecule has 1 saturated heterocycles. The normalized spacial score (nSPS) is 41.6. The monoisotopic (exact) mass is 536 g/mol. The second-order valence-electron chi connectivity index (χ2n) is 9.16. The highest BCUT2D eigenvalue weighted by molar-refractivity contribution is 7.81. The Morgan fingerprint density at radius 3 is 0.714 bits per heavy atom. The predicted molar refractivity (Wildman–Crippen MR) is 144 cm³/mol. The van der Waals surface area contributed by atoms with E-state index in [0.29, 0.717) is 0 Å². The SMILES string of the molecule is CC(S)C[Si]1(C)O[Si](C)(CC(C)S)O[Si](C)(CC(C)S)O[Si](C)(CC(C)S)O1. The molecule has 0 bridgehead atoms. The van der Waals surface area contributed by atoms with Crippen LogP contribution in [0.1, 0.15) is 27.7 Å². The molecule has 4 nitrogen and oxygen atoms in total. The summed E-state index contributed by atoms with van der Waals surface area (Å²) in [6.45, 7) is 17.0. The van der Waals surface area contributed by atoms with Crippen molar-refractivity contribution in [2.45, 2.75) is 99.1 Å². The molecule has 0 amide bonds. The van der Waals surface area contributed by atoms with Gasteiger partial charge in [-0.15, -0.1) is 0 Å².